The van der Waals surface area contributed by atoms with Gasteiger partial charge in [-0.25, -0.2) is 5.84 Å². The number of halogens is 1. The van der Waals surface area contributed by atoms with E-state index in [1.165, 1.54) is 5.56 Å². The van der Waals surface area contributed by atoms with Crippen molar-refractivity contribution in [2.45, 2.75) is 32.8 Å². The Bertz CT molecular complexity index is 396. The molecular weight excluding hydrogens is 284 g/mol. The van der Waals surface area contributed by atoms with Gasteiger partial charge >= 0.3 is 0 Å². The fourth-order valence-electron chi connectivity index (χ4n) is 1.38. The number of hydrogen-bond donors (Lipinski definition) is 2. The molecule has 1 aromatic rings. The first-order valence-electron chi connectivity index (χ1n) is 5.45. The molecule has 1 unspecified atom stereocenters. The largest absolute Gasteiger partial charge is 0.490 e. The molecule has 0 heterocycles. The number of hydrazine groups is 1. The normalized spacial score (nSPS) is 12.0. The van der Waals surface area contributed by atoms with E-state index in [1.807, 2.05) is 32.0 Å². The topological polar surface area (TPSA) is 64.3 Å². The second-order valence-corrected chi connectivity index (χ2v) is 4.82. The molecule has 0 saturated carbocycles. The van der Waals surface area contributed by atoms with Crippen LogP contribution in [0.3, 0.4) is 0 Å². The van der Waals surface area contributed by atoms with E-state index in [4.69, 9.17) is 10.6 Å². The summed E-state index contributed by atoms with van der Waals surface area (Å²) in [6, 6.07) is 5.90. The Kier molecular flexibility index (Phi) is 5.44. The number of nitrogens with one attached hydrogen (secondary N) is 1. The Morgan fingerprint density at radius 2 is 2.29 bits per heavy atom. The van der Waals surface area contributed by atoms with E-state index >= 15 is 0 Å². The molecule has 0 fully saturated rings. The van der Waals surface area contributed by atoms with Crippen molar-refractivity contribution < 1.29 is 9.53 Å². The van der Waals surface area contributed by atoms with E-state index in [2.05, 4.69) is 21.4 Å². The van der Waals surface area contributed by atoms with E-state index in [9.17, 15) is 4.79 Å². The second-order valence-electron chi connectivity index (χ2n) is 3.97. The van der Waals surface area contributed by atoms with Crippen molar-refractivity contribution in [1.82, 2.24) is 5.43 Å². The minimum Gasteiger partial charge on any atom is -0.490 e. The van der Waals surface area contributed by atoms with Gasteiger partial charge in [-0.2, -0.15) is 0 Å². The van der Waals surface area contributed by atoms with Crippen LogP contribution in [0.25, 0.3) is 0 Å². The average molecular weight is 301 g/mol. The Balaban J connectivity index is 2.50. The van der Waals surface area contributed by atoms with Crippen LogP contribution in [0, 0.1) is 6.92 Å². The standard InChI is InChI=1S/C12H17BrN2O2/c1-8-3-5-11(10(13)7-8)17-9(2)4-6-12(16)15-14/h3,5,7,9H,4,6,14H2,1-2H3,(H,15,16). The van der Waals surface area contributed by atoms with Crippen molar-refractivity contribution in [3.8, 4) is 5.75 Å². The molecule has 1 atom stereocenters. The summed E-state index contributed by atoms with van der Waals surface area (Å²) in [4.78, 5) is 11.0. The van der Waals surface area contributed by atoms with E-state index in [0.717, 1.165) is 10.2 Å². The zero-order valence-corrected chi connectivity index (χ0v) is 11.6. The molecule has 0 spiro atoms. The van der Waals surface area contributed by atoms with Crippen LogP contribution >= 0.6 is 15.9 Å². The molecule has 0 aliphatic heterocycles. The van der Waals surface area contributed by atoms with Gasteiger partial charge in [0.05, 0.1) is 10.6 Å². The fraction of sp³-hybridized carbons (Fsp3) is 0.417. The van der Waals surface area contributed by atoms with Gasteiger partial charge in [0.25, 0.3) is 0 Å². The molecular formula is C12H17BrN2O2. The van der Waals surface area contributed by atoms with Crippen molar-refractivity contribution in [1.29, 1.82) is 0 Å². The van der Waals surface area contributed by atoms with Crippen molar-refractivity contribution >= 4 is 21.8 Å². The number of ether oxygens (including phenoxy) is 1. The number of aryl methyl sites for hydroxylation is 1. The van der Waals surface area contributed by atoms with Crippen molar-refractivity contribution in [3.63, 3.8) is 0 Å². The third-order valence-corrected chi connectivity index (χ3v) is 2.97. The van der Waals surface area contributed by atoms with Crippen LogP contribution in [0.5, 0.6) is 5.75 Å². The van der Waals surface area contributed by atoms with Crippen molar-refractivity contribution in [2.75, 3.05) is 0 Å². The van der Waals surface area contributed by atoms with Gasteiger partial charge < -0.3 is 4.74 Å². The molecule has 0 radical (unpaired) electrons. The molecule has 17 heavy (non-hydrogen) atoms. The lowest BCUT2D eigenvalue weighted by Gasteiger charge is -2.15. The van der Waals surface area contributed by atoms with E-state index in [-0.39, 0.29) is 12.0 Å². The summed E-state index contributed by atoms with van der Waals surface area (Å²) >= 11 is 3.45. The quantitative estimate of drug-likeness (QED) is 0.498. The number of nitrogens with two attached hydrogens (primary N) is 1. The molecule has 1 amide bonds. The maximum atomic E-state index is 11.0. The fourth-order valence-corrected chi connectivity index (χ4v) is 1.97. The molecule has 0 bridgehead atoms. The second kappa shape index (κ2) is 6.61. The third kappa shape index (κ3) is 4.75. The van der Waals surface area contributed by atoms with Gasteiger partial charge in [0.1, 0.15) is 5.75 Å². The van der Waals surface area contributed by atoms with Crippen LogP contribution in [0.2, 0.25) is 0 Å². The number of carbonyl (C=O) groups is 1. The van der Waals surface area contributed by atoms with Gasteiger partial charge in [-0.15, -0.1) is 0 Å². The van der Waals surface area contributed by atoms with Gasteiger partial charge in [0.15, 0.2) is 0 Å². The molecule has 1 aromatic carbocycles. The SMILES string of the molecule is Cc1ccc(OC(C)CCC(=O)NN)c(Br)c1. The van der Waals surface area contributed by atoms with Crippen LogP contribution in [0.15, 0.2) is 22.7 Å². The van der Waals surface area contributed by atoms with Gasteiger partial charge in [0.2, 0.25) is 5.91 Å². The molecule has 0 aliphatic rings. The highest BCUT2D eigenvalue weighted by Gasteiger charge is 2.09. The third-order valence-electron chi connectivity index (χ3n) is 2.35. The molecule has 0 aliphatic carbocycles. The van der Waals surface area contributed by atoms with Crippen LogP contribution in [-0.4, -0.2) is 12.0 Å². The first-order chi connectivity index (χ1) is 8.02. The van der Waals surface area contributed by atoms with Crippen LogP contribution in [0.4, 0.5) is 0 Å². The number of hydrogen-bond acceptors (Lipinski definition) is 3. The van der Waals surface area contributed by atoms with Crippen LogP contribution in [0.1, 0.15) is 25.3 Å². The minimum atomic E-state index is -0.177. The summed E-state index contributed by atoms with van der Waals surface area (Å²) in [5.41, 5.74) is 3.27. The zero-order valence-electron chi connectivity index (χ0n) is 10.00. The Labute approximate surface area is 110 Å². The van der Waals surface area contributed by atoms with E-state index < -0.39 is 0 Å². The summed E-state index contributed by atoms with van der Waals surface area (Å²) in [5, 5.41) is 0. The van der Waals surface area contributed by atoms with Crippen molar-refractivity contribution in [2.24, 2.45) is 5.84 Å². The number of rotatable bonds is 5. The maximum Gasteiger partial charge on any atom is 0.234 e. The summed E-state index contributed by atoms with van der Waals surface area (Å²) < 4.78 is 6.65. The lowest BCUT2D eigenvalue weighted by molar-refractivity contribution is -0.121. The number of carbonyl (C=O) groups excluding carboxylic acids is 1. The molecule has 0 aromatic heterocycles. The molecule has 5 heteroatoms. The number of benzene rings is 1. The Hall–Kier alpha value is -1.07. The van der Waals surface area contributed by atoms with Gasteiger partial charge in [-0.3, -0.25) is 10.2 Å². The minimum absolute atomic E-state index is 0.0358. The predicted molar refractivity (Wildman–Crippen MR) is 70.5 cm³/mol. The predicted octanol–water partition coefficient (Wildman–Crippen LogP) is 2.29. The van der Waals surface area contributed by atoms with Crippen LogP contribution in [-0.2, 0) is 4.79 Å². The summed E-state index contributed by atoms with van der Waals surface area (Å²) in [7, 11) is 0. The van der Waals surface area contributed by atoms with E-state index in [0.29, 0.717) is 12.8 Å². The molecule has 94 valence electrons. The first kappa shape index (κ1) is 14.0. The molecule has 3 N–H and O–H groups in total. The average Bonchev–Trinajstić information content (AvgIpc) is 2.29. The van der Waals surface area contributed by atoms with Gasteiger partial charge in [0, 0.05) is 6.42 Å². The van der Waals surface area contributed by atoms with Crippen molar-refractivity contribution in [3.05, 3.63) is 28.2 Å². The summed E-state index contributed by atoms with van der Waals surface area (Å²) in [6.07, 6.45) is 0.955. The van der Waals surface area contributed by atoms with Crippen LogP contribution < -0.4 is 16.0 Å². The molecule has 1 rings (SSSR count). The first-order valence-corrected chi connectivity index (χ1v) is 6.24. The molecule has 0 saturated heterocycles. The lowest BCUT2D eigenvalue weighted by Crippen LogP contribution is -2.30. The van der Waals surface area contributed by atoms with Gasteiger partial charge in [-0.05, 0) is 53.9 Å². The smallest absolute Gasteiger partial charge is 0.234 e. The van der Waals surface area contributed by atoms with E-state index in [1.54, 1.807) is 0 Å². The Morgan fingerprint density at radius 1 is 1.59 bits per heavy atom. The highest BCUT2D eigenvalue weighted by molar-refractivity contribution is 9.10. The number of amides is 1. The maximum absolute atomic E-state index is 11.0. The summed E-state index contributed by atoms with van der Waals surface area (Å²) in [5.74, 6) is 5.61. The molecule has 4 nitrogen and oxygen atoms in total. The highest BCUT2D eigenvalue weighted by atomic mass is 79.9. The monoisotopic (exact) mass is 300 g/mol. The Morgan fingerprint density at radius 3 is 2.88 bits per heavy atom. The summed E-state index contributed by atoms with van der Waals surface area (Å²) in [6.45, 7) is 3.94. The van der Waals surface area contributed by atoms with Gasteiger partial charge in [-0.1, -0.05) is 6.07 Å². The lowest BCUT2D eigenvalue weighted by atomic mass is 10.2. The highest BCUT2D eigenvalue weighted by Crippen LogP contribution is 2.27. The zero-order chi connectivity index (χ0) is 12.8.